The van der Waals surface area contributed by atoms with E-state index in [2.05, 4.69) is 17.6 Å². The van der Waals surface area contributed by atoms with Crippen molar-refractivity contribution >= 4 is 17.9 Å². The van der Waals surface area contributed by atoms with Gasteiger partial charge in [0.25, 0.3) is 0 Å². The molecule has 8 nitrogen and oxygen atoms in total. The lowest BCUT2D eigenvalue weighted by molar-refractivity contribution is -0.142. The van der Waals surface area contributed by atoms with E-state index in [1.807, 2.05) is 52.0 Å². The van der Waals surface area contributed by atoms with Gasteiger partial charge in [0.15, 0.2) is 0 Å². The molecule has 0 heterocycles. The minimum Gasteiger partial charge on any atom is -0.444 e. The van der Waals surface area contributed by atoms with Crippen molar-refractivity contribution in [2.24, 2.45) is 5.92 Å². The molecule has 0 aliphatic rings. The van der Waals surface area contributed by atoms with Crippen LogP contribution in [0.1, 0.15) is 90.0 Å². The smallest absolute Gasteiger partial charge is 0.408 e. The maximum atomic E-state index is 13.9. The third-order valence-corrected chi connectivity index (χ3v) is 5.42. The number of alkyl carbamates (subject to hydrolysis) is 1. The molecule has 0 aliphatic heterocycles. The van der Waals surface area contributed by atoms with Crippen LogP contribution in [0.3, 0.4) is 0 Å². The van der Waals surface area contributed by atoms with E-state index in [0.29, 0.717) is 18.5 Å². The van der Waals surface area contributed by atoms with Gasteiger partial charge >= 0.3 is 6.09 Å². The highest BCUT2D eigenvalue weighted by Crippen LogP contribution is 2.26. The van der Waals surface area contributed by atoms with Crippen LogP contribution < -0.4 is 10.6 Å². The first kappa shape index (κ1) is 31.0. The molecule has 1 aromatic rings. The topological polar surface area (TPSA) is 112 Å². The number of hydrogen-bond acceptors (Lipinski definition) is 5. The van der Waals surface area contributed by atoms with Crippen LogP contribution in [0.4, 0.5) is 4.79 Å². The maximum absolute atomic E-state index is 13.9. The Labute approximate surface area is 216 Å². The number of amides is 3. The summed E-state index contributed by atoms with van der Waals surface area (Å²) in [6.45, 7) is 15.2. The highest BCUT2D eigenvalue weighted by Gasteiger charge is 2.36. The molecule has 0 fully saturated rings. The van der Waals surface area contributed by atoms with Gasteiger partial charge in [-0.3, -0.25) is 9.59 Å². The maximum Gasteiger partial charge on any atom is 0.408 e. The number of nitriles is 1. The SMILES string of the molecule is CCCCCNC(=O)C(c1cc(C)cc(C)c1)N(CC#N)C(=O)C(CC(C)C)NC(=O)OC(C)(C)C. The second-order valence-electron chi connectivity index (χ2n) is 10.8. The molecular formula is C28H44N4O4. The van der Waals surface area contributed by atoms with Crippen LogP contribution >= 0.6 is 0 Å². The average Bonchev–Trinajstić information content (AvgIpc) is 2.73. The third kappa shape index (κ3) is 10.7. The Hall–Kier alpha value is -3.08. The van der Waals surface area contributed by atoms with Gasteiger partial charge < -0.3 is 20.3 Å². The molecule has 0 saturated carbocycles. The fraction of sp³-hybridized carbons (Fsp3) is 0.643. The summed E-state index contributed by atoms with van der Waals surface area (Å²) < 4.78 is 5.37. The van der Waals surface area contributed by atoms with Crippen molar-refractivity contribution in [1.82, 2.24) is 15.5 Å². The van der Waals surface area contributed by atoms with Crippen molar-refractivity contribution in [2.75, 3.05) is 13.1 Å². The van der Waals surface area contributed by atoms with Crippen molar-refractivity contribution in [3.63, 3.8) is 0 Å². The standard InChI is InChI=1S/C28H44N4O4/c1-9-10-11-13-30-25(33)24(22-17-20(4)16-21(5)18-22)32(14-12-29)26(34)23(15-19(2)3)31-27(35)36-28(6,7)8/h16-19,23-24H,9-11,13-15H2,1-8H3,(H,30,33)(H,31,35). The zero-order chi connectivity index (χ0) is 27.5. The van der Waals surface area contributed by atoms with Crippen LogP contribution in [0.15, 0.2) is 18.2 Å². The van der Waals surface area contributed by atoms with Crippen LogP contribution in [-0.4, -0.2) is 47.5 Å². The van der Waals surface area contributed by atoms with Crippen molar-refractivity contribution in [1.29, 1.82) is 5.26 Å². The van der Waals surface area contributed by atoms with E-state index in [-0.39, 0.29) is 18.4 Å². The summed E-state index contributed by atoms with van der Waals surface area (Å²) in [4.78, 5) is 41.2. The van der Waals surface area contributed by atoms with E-state index in [0.717, 1.165) is 30.4 Å². The van der Waals surface area contributed by atoms with Crippen molar-refractivity contribution in [3.8, 4) is 6.07 Å². The number of ether oxygens (including phenoxy) is 1. The summed E-state index contributed by atoms with van der Waals surface area (Å²) in [5.41, 5.74) is 1.79. The van der Waals surface area contributed by atoms with Gasteiger partial charge in [-0.05, 0) is 58.9 Å². The Morgan fingerprint density at radius 1 is 1.08 bits per heavy atom. The molecule has 200 valence electrons. The number of rotatable bonds is 12. The van der Waals surface area contributed by atoms with Gasteiger partial charge in [-0.25, -0.2) is 4.79 Å². The molecule has 0 aromatic heterocycles. The molecule has 1 aromatic carbocycles. The van der Waals surface area contributed by atoms with Crippen molar-refractivity contribution in [2.45, 2.75) is 98.8 Å². The highest BCUT2D eigenvalue weighted by atomic mass is 16.6. The molecule has 36 heavy (non-hydrogen) atoms. The van der Waals surface area contributed by atoms with Gasteiger partial charge in [0.1, 0.15) is 24.2 Å². The van der Waals surface area contributed by atoms with Crippen LogP contribution in [-0.2, 0) is 14.3 Å². The number of nitrogens with zero attached hydrogens (tertiary/aromatic N) is 2. The normalized spacial score (nSPS) is 12.9. The Kier molecular flexibility index (Phi) is 12.4. The monoisotopic (exact) mass is 500 g/mol. The van der Waals surface area contributed by atoms with E-state index >= 15 is 0 Å². The van der Waals surface area contributed by atoms with Gasteiger partial charge in [0.2, 0.25) is 11.8 Å². The minimum absolute atomic E-state index is 0.0698. The fourth-order valence-corrected chi connectivity index (χ4v) is 4.04. The summed E-state index contributed by atoms with van der Waals surface area (Å²) in [5.74, 6) is -0.774. The number of hydrogen-bond donors (Lipinski definition) is 2. The number of aryl methyl sites for hydroxylation is 2. The third-order valence-electron chi connectivity index (χ3n) is 5.42. The summed E-state index contributed by atoms with van der Waals surface area (Å²) >= 11 is 0. The quantitative estimate of drug-likeness (QED) is 0.312. The Morgan fingerprint density at radius 2 is 1.69 bits per heavy atom. The molecule has 0 aliphatic carbocycles. The predicted molar refractivity (Wildman–Crippen MR) is 141 cm³/mol. The Bertz CT molecular complexity index is 910. The van der Waals surface area contributed by atoms with Crippen LogP contribution in [0.5, 0.6) is 0 Å². The zero-order valence-electron chi connectivity index (χ0n) is 23.2. The molecule has 3 amide bonds. The second-order valence-corrected chi connectivity index (χ2v) is 10.8. The number of carbonyl (C=O) groups excluding carboxylic acids is 3. The van der Waals surface area contributed by atoms with E-state index in [4.69, 9.17) is 4.74 Å². The van der Waals surface area contributed by atoms with Gasteiger partial charge in [-0.1, -0.05) is 62.9 Å². The molecule has 1 rings (SSSR count). The highest BCUT2D eigenvalue weighted by molar-refractivity contribution is 5.92. The van der Waals surface area contributed by atoms with Crippen molar-refractivity contribution < 1.29 is 19.1 Å². The van der Waals surface area contributed by atoms with E-state index in [1.165, 1.54) is 4.90 Å². The van der Waals surface area contributed by atoms with Crippen LogP contribution in [0.2, 0.25) is 0 Å². The summed E-state index contributed by atoms with van der Waals surface area (Å²) in [7, 11) is 0. The molecule has 2 unspecified atom stereocenters. The first-order chi connectivity index (χ1) is 16.8. The number of unbranched alkanes of at least 4 members (excludes halogenated alkanes) is 2. The summed E-state index contributed by atoms with van der Waals surface area (Å²) in [6, 6.07) is 5.79. The number of carbonyl (C=O) groups is 3. The number of nitrogens with one attached hydrogen (secondary N) is 2. The molecule has 0 spiro atoms. The summed E-state index contributed by atoms with van der Waals surface area (Å²) in [6.07, 6.45) is 2.43. The lowest BCUT2D eigenvalue weighted by atomic mass is 9.97. The number of benzene rings is 1. The largest absolute Gasteiger partial charge is 0.444 e. The van der Waals surface area contributed by atoms with Crippen molar-refractivity contribution in [3.05, 3.63) is 34.9 Å². The van der Waals surface area contributed by atoms with E-state index < -0.39 is 29.7 Å². The molecule has 0 saturated heterocycles. The first-order valence-electron chi connectivity index (χ1n) is 12.8. The summed E-state index contributed by atoms with van der Waals surface area (Å²) in [5, 5.41) is 15.3. The molecule has 2 atom stereocenters. The molecule has 0 radical (unpaired) electrons. The fourth-order valence-electron chi connectivity index (χ4n) is 4.04. The Morgan fingerprint density at radius 3 is 2.19 bits per heavy atom. The lowest BCUT2D eigenvalue weighted by Crippen LogP contribution is -2.53. The van der Waals surface area contributed by atoms with Gasteiger partial charge in [-0.2, -0.15) is 5.26 Å². The minimum atomic E-state index is -1.01. The molecular weight excluding hydrogens is 456 g/mol. The molecule has 8 heteroatoms. The van der Waals surface area contributed by atoms with Crippen LogP contribution in [0.25, 0.3) is 0 Å². The van der Waals surface area contributed by atoms with Crippen LogP contribution in [0, 0.1) is 31.1 Å². The van der Waals surface area contributed by atoms with Gasteiger partial charge in [0.05, 0.1) is 6.07 Å². The van der Waals surface area contributed by atoms with Gasteiger partial charge in [-0.15, -0.1) is 0 Å². The average molecular weight is 501 g/mol. The molecule has 0 bridgehead atoms. The lowest BCUT2D eigenvalue weighted by Gasteiger charge is -2.33. The Balaban J connectivity index is 3.43. The molecule has 2 N–H and O–H groups in total. The first-order valence-corrected chi connectivity index (χ1v) is 12.8. The zero-order valence-corrected chi connectivity index (χ0v) is 23.2. The second kappa shape index (κ2) is 14.5. The van der Waals surface area contributed by atoms with Gasteiger partial charge in [0, 0.05) is 6.54 Å². The van der Waals surface area contributed by atoms with E-state index in [9.17, 15) is 19.6 Å². The van der Waals surface area contributed by atoms with E-state index in [1.54, 1.807) is 20.8 Å². The predicted octanol–water partition coefficient (Wildman–Crippen LogP) is 4.94.